The number of halogens is 1. The first-order valence-electron chi connectivity index (χ1n) is 5.05. The summed E-state index contributed by atoms with van der Waals surface area (Å²) in [5.74, 6) is 0. The number of aromatic amines is 1. The minimum atomic E-state index is -0.494. The number of nitrogens with zero attached hydrogens (tertiary/aromatic N) is 2. The van der Waals surface area contributed by atoms with E-state index >= 15 is 0 Å². The van der Waals surface area contributed by atoms with E-state index in [4.69, 9.17) is 11.6 Å². The number of hydrogen-bond acceptors (Lipinski definition) is 3. The van der Waals surface area contributed by atoms with Gasteiger partial charge in [0.05, 0.1) is 0 Å². The summed E-state index contributed by atoms with van der Waals surface area (Å²) in [5.41, 5.74) is 0.0720. The lowest BCUT2D eigenvalue weighted by Gasteiger charge is -2.04. The molecule has 2 heterocycles. The first-order valence-corrected chi connectivity index (χ1v) is 5.43. The predicted octanol–water partition coefficient (Wildman–Crippen LogP) is 0.828. The number of pyridine rings is 1. The van der Waals surface area contributed by atoms with Crippen LogP contribution in [0.5, 0.6) is 0 Å². The number of aromatic nitrogens is 3. The van der Waals surface area contributed by atoms with Crippen LogP contribution in [0, 0.1) is 0 Å². The lowest BCUT2D eigenvalue weighted by atomic mass is 10.2. The molecule has 0 saturated heterocycles. The zero-order valence-electron chi connectivity index (χ0n) is 8.89. The second-order valence-corrected chi connectivity index (χ2v) is 3.93. The second kappa shape index (κ2) is 4.97. The zero-order chi connectivity index (χ0) is 12.3. The summed E-state index contributed by atoms with van der Waals surface area (Å²) in [4.78, 5) is 29.3. The Morgan fingerprint density at radius 2 is 2.24 bits per heavy atom. The van der Waals surface area contributed by atoms with Gasteiger partial charge >= 0.3 is 5.69 Å². The van der Waals surface area contributed by atoms with Crippen LogP contribution in [0.1, 0.15) is 5.56 Å². The van der Waals surface area contributed by atoms with Crippen molar-refractivity contribution >= 4 is 11.6 Å². The van der Waals surface area contributed by atoms with Crippen LogP contribution < -0.4 is 11.2 Å². The summed E-state index contributed by atoms with van der Waals surface area (Å²) < 4.78 is 1.11. The maximum atomic E-state index is 11.5. The monoisotopic (exact) mass is 251 g/mol. The van der Waals surface area contributed by atoms with Crippen LogP contribution in [-0.4, -0.2) is 14.5 Å². The van der Waals surface area contributed by atoms with E-state index in [0.29, 0.717) is 13.0 Å². The highest BCUT2D eigenvalue weighted by atomic mass is 35.5. The Labute approximate surface area is 102 Å². The van der Waals surface area contributed by atoms with E-state index in [-0.39, 0.29) is 5.15 Å². The molecule has 1 N–H and O–H groups in total. The molecule has 0 amide bonds. The third-order valence-corrected chi connectivity index (χ3v) is 2.54. The third kappa shape index (κ3) is 2.82. The van der Waals surface area contributed by atoms with Gasteiger partial charge in [0.1, 0.15) is 5.15 Å². The maximum Gasteiger partial charge on any atom is 0.329 e. The lowest BCUT2D eigenvalue weighted by molar-refractivity contribution is 0.627. The summed E-state index contributed by atoms with van der Waals surface area (Å²) in [5, 5.41) is 0.0534. The van der Waals surface area contributed by atoms with Crippen molar-refractivity contribution in [2.24, 2.45) is 0 Å². The molecule has 0 radical (unpaired) electrons. The summed E-state index contributed by atoms with van der Waals surface area (Å²) in [7, 11) is 0. The molecule has 0 bridgehead atoms. The fourth-order valence-electron chi connectivity index (χ4n) is 1.49. The van der Waals surface area contributed by atoms with E-state index in [2.05, 4.69) is 9.97 Å². The van der Waals surface area contributed by atoms with Gasteiger partial charge in [-0.2, -0.15) is 0 Å². The fraction of sp³-hybridized carbons (Fsp3) is 0.182. The van der Waals surface area contributed by atoms with Gasteiger partial charge in [-0.3, -0.25) is 19.3 Å². The number of nitrogens with one attached hydrogen (secondary N) is 1. The summed E-state index contributed by atoms with van der Waals surface area (Å²) in [6.45, 7) is 0.303. The van der Waals surface area contributed by atoms with Gasteiger partial charge in [-0.25, -0.2) is 4.79 Å². The molecule has 5 nitrogen and oxygen atoms in total. The molecule has 0 aliphatic heterocycles. The van der Waals surface area contributed by atoms with E-state index in [1.807, 2.05) is 12.1 Å². The second-order valence-electron chi connectivity index (χ2n) is 3.52. The van der Waals surface area contributed by atoms with Crippen molar-refractivity contribution in [3.8, 4) is 0 Å². The van der Waals surface area contributed by atoms with Gasteiger partial charge in [-0.1, -0.05) is 17.7 Å². The highest BCUT2D eigenvalue weighted by Crippen LogP contribution is 1.98. The fourth-order valence-corrected chi connectivity index (χ4v) is 1.66. The maximum absolute atomic E-state index is 11.5. The average Bonchev–Trinajstić information content (AvgIpc) is 2.29. The molecule has 0 saturated carbocycles. The first-order chi connectivity index (χ1) is 8.16. The minimum absolute atomic E-state index is 0.0534. The molecule has 0 atom stereocenters. The molecule has 2 rings (SSSR count). The van der Waals surface area contributed by atoms with Crippen molar-refractivity contribution < 1.29 is 0 Å². The van der Waals surface area contributed by atoms with E-state index in [1.54, 1.807) is 12.4 Å². The Balaban J connectivity index is 2.21. The highest BCUT2D eigenvalue weighted by Gasteiger charge is 2.03. The Kier molecular flexibility index (Phi) is 3.39. The molecule has 0 aromatic carbocycles. The molecule has 6 heteroatoms. The number of H-pyrrole nitrogens is 1. The number of hydrogen-bond donors (Lipinski definition) is 1. The predicted molar refractivity (Wildman–Crippen MR) is 64.3 cm³/mol. The molecular formula is C11H10ClN3O2. The summed E-state index contributed by atoms with van der Waals surface area (Å²) in [6.07, 6.45) is 3.94. The standard InChI is InChI=1S/C11H10ClN3O2/c12-9-6-10(16)15(11(17)14-9)5-3-8-2-1-4-13-7-8/h1-2,4,6-7H,3,5H2,(H,14,17). The van der Waals surface area contributed by atoms with Crippen molar-refractivity contribution in [2.45, 2.75) is 13.0 Å². The quantitative estimate of drug-likeness (QED) is 0.822. The van der Waals surface area contributed by atoms with Crippen molar-refractivity contribution in [3.05, 3.63) is 62.1 Å². The van der Waals surface area contributed by atoms with Crippen LogP contribution in [0.2, 0.25) is 5.15 Å². The number of rotatable bonds is 3. The molecule has 0 unspecified atom stereocenters. The van der Waals surface area contributed by atoms with Crippen molar-refractivity contribution in [1.29, 1.82) is 0 Å². The molecule has 2 aromatic rings. The van der Waals surface area contributed by atoms with E-state index in [0.717, 1.165) is 10.1 Å². The summed E-state index contributed by atoms with van der Waals surface area (Å²) >= 11 is 5.56. The molecule has 88 valence electrons. The van der Waals surface area contributed by atoms with Crippen molar-refractivity contribution in [1.82, 2.24) is 14.5 Å². The van der Waals surface area contributed by atoms with Gasteiger partial charge in [-0.15, -0.1) is 0 Å². The van der Waals surface area contributed by atoms with Crippen molar-refractivity contribution in [2.75, 3.05) is 0 Å². The largest absolute Gasteiger partial charge is 0.329 e. The minimum Gasteiger partial charge on any atom is -0.298 e. The van der Waals surface area contributed by atoms with Crippen molar-refractivity contribution in [3.63, 3.8) is 0 Å². The zero-order valence-corrected chi connectivity index (χ0v) is 9.65. The molecule has 17 heavy (non-hydrogen) atoms. The van der Waals surface area contributed by atoms with Crippen LogP contribution in [0.15, 0.2) is 40.2 Å². The van der Waals surface area contributed by atoms with Crippen LogP contribution >= 0.6 is 11.6 Å². The van der Waals surface area contributed by atoms with Gasteiger partial charge in [0, 0.05) is 25.0 Å². The Morgan fingerprint density at radius 3 is 2.88 bits per heavy atom. The van der Waals surface area contributed by atoms with Gasteiger partial charge < -0.3 is 0 Å². The molecule has 0 fully saturated rings. The van der Waals surface area contributed by atoms with Crippen LogP contribution in [0.25, 0.3) is 0 Å². The van der Waals surface area contributed by atoms with Crippen LogP contribution in [-0.2, 0) is 13.0 Å². The van der Waals surface area contributed by atoms with Crippen LogP contribution in [0.3, 0.4) is 0 Å². The molecule has 0 aliphatic carbocycles. The van der Waals surface area contributed by atoms with E-state index in [1.165, 1.54) is 6.07 Å². The molecule has 2 aromatic heterocycles. The first kappa shape index (κ1) is 11.6. The van der Waals surface area contributed by atoms with Crippen LogP contribution in [0.4, 0.5) is 0 Å². The topological polar surface area (TPSA) is 67.8 Å². The Hall–Kier alpha value is -1.88. The third-order valence-electron chi connectivity index (χ3n) is 2.33. The average molecular weight is 252 g/mol. The smallest absolute Gasteiger partial charge is 0.298 e. The SMILES string of the molecule is O=c1cc(Cl)[nH]c(=O)n1CCc1cccnc1. The van der Waals surface area contributed by atoms with E-state index < -0.39 is 11.2 Å². The molecule has 0 aliphatic rings. The van der Waals surface area contributed by atoms with Gasteiger partial charge in [-0.05, 0) is 18.1 Å². The number of aryl methyl sites for hydroxylation is 1. The van der Waals surface area contributed by atoms with Gasteiger partial charge in [0.25, 0.3) is 5.56 Å². The molecular weight excluding hydrogens is 242 g/mol. The van der Waals surface area contributed by atoms with E-state index in [9.17, 15) is 9.59 Å². The Morgan fingerprint density at radius 1 is 1.41 bits per heavy atom. The summed E-state index contributed by atoms with van der Waals surface area (Å²) in [6, 6.07) is 4.89. The Bertz CT molecular complexity index is 587. The highest BCUT2D eigenvalue weighted by molar-refractivity contribution is 6.29. The van der Waals surface area contributed by atoms with Gasteiger partial charge in [0.15, 0.2) is 0 Å². The molecule has 0 spiro atoms. The normalized spacial score (nSPS) is 10.4. The van der Waals surface area contributed by atoms with Gasteiger partial charge in [0.2, 0.25) is 0 Å². The lowest BCUT2D eigenvalue weighted by Crippen LogP contribution is -2.35.